The van der Waals surface area contributed by atoms with E-state index in [9.17, 15) is 9.59 Å². The number of ether oxygens (including phenoxy) is 2. The highest BCUT2D eigenvalue weighted by atomic mass is 16.5. The van der Waals surface area contributed by atoms with E-state index in [1.54, 1.807) is 0 Å². The molecule has 0 aliphatic heterocycles. The molecule has 0 aromatic carbocycles. The van der Waals surface area contributed by atoms with Crippen molar-refractivity contribution in [2.45, 2.75) is 13.3 Å². The molecule has 0 bridgehead atoms. The Morgan fingerprint density at radius 1 is 1.38 bits per heavy atom. The summed E-state index contributed by atoms with van der Waals surface area (Å²) in [5, 5.41) is 2.40. The average molecular weight is 189 g/mol. The number of carbonyl (C=O) groups is 2. The van der Waals surface area contributed by atoms with Crippen LogP contribution in [0.15, 0.2) is 0 Å². The first-order valence-corrected chi connectivity index (χ1v) is 4.12. The van der Waals surface area contributed by atoms with E-state index in [0.29, 0.717) is 13.2 Å². The summed E-state index contributed by atoms with van der Waals surface area (Å²) in [5.74, 6) is -0.663. The van der Waals surface area contributed by atoms with Gasteiger partial charge in [-0.05, 0) is 6.92 Å². The van der Waals surface area contributed by atoms with Crippen LogP contribution in [-0.2, 0) is 19.1 Å². The van der Waals surface area contributed by atoms with Crippen molar-refractivity contribution in [2.24, 2.45) is 0 Å². The van der Waals surface area contributed by atoms with E-state index in [0.717, 1.165) is 0 Å². The SMILES string of the molecule is CCOCCC(=O)NCC(=O)OC. The summed E-state index contributed by atoms with van der Waals surface area (Å²) < 4.78 is 9.30. The molecule has 0 aromatic rings. The molecule has 0 aromatic heterocycles. The van der Waals surface area contributed by atoms with Gasteiger partial charge in [-0.2, -0.15) is 0 Å². The van der Waals surface area contributed by atoms with Crippen LogP contribution in [0.5, 0.6) is 0 Å². The van der Waals surface area contributed by atoms with E-state index >= 15 is 0 Å². The Morgan fingerprint density at radius 2 is 2.08 bits per heavy atom. The second-order valence-corrected chi connectivity index (χ2v) is 2.30. The molecule has 0 spiro atoms. The molecule has 0 rings (SSSR count). The Bertz CT molecular complexity index is 170. The van der Waals surface area contributed by atoms with Gasteiger partial charge in [-0.1, -0.05) is 0 Å². The van der Waals surface area contributed by atoms with Crippen LogP contribution >= 0.6 is 0 Å². The number of rotatable bonds is 6. The van der Waals surface area contributed by atoms with Gasteiger partial charge in [-0.15, -0.1) is 0 Å². The van der Waals surface area contributed by atoms with Crippen LogP contribution in [0.2, 0.25) is 0 Å². The number of carbonyl (C=O) groups excluding carboxylic acids is 2. The van der Waals surface area contributed by atoms with Crippen LogP contribution < -0.4 is 5.32 Å². The normalized spacial score (nSPS) is 9.38. The molecule has 0 heterocycles. The lowest BCUT2D eigenvalue weighted by molar-refractivity contribution is -0.141. The fourth-order valence-corrected chi connectivity index (χ4v) is 0.641. The first-order valence-electron chi connectivity index (χ1n) is 4.12. The molecule has 0 saturated carbocycles. The van der Waals surface area contributed by atoms with E-state index in [2.05, 4.69) is 10.1 Å². The predicted molar refractivity (Wildman–Crippen MR) is 46.1 cm³/mol. The minimum atomic E-state index is -0.454. The zero-order valence-electron chi connectivity index (χ0n) is 7.96. The molecule has 0 aliphatic rings. The van der Waals surface area contributed by atoms with Crippen LogP contribution in [-0.4, -0.2) is 38.7 Å². The Kier molecular flexibility index (Phi) is 6.91. The maximum absolute atomic E-state index is 10.9. The molecule has 13 heavy (non-hydrogen) atoms. The van der Waals surface area contributed by atoms with Crippen molar-refractivity contribution in [2.75, 3.05) is 26.9 Å². The maximum Gasteiger partial charge on any atom is 0.325 e. The highest BCUT2D eigenvalue weighted by Crippen LogP contribution is 1.82. The second kappa shape index (κ2) is 7.54. The monoisotopic (exact) mass is 189 g/mol. The van der Waals surface area contributed by atoms with Gasteiger partial charge in [0.1, 0.15) is 6.54 Å². The number of hydrogen-bond donors (Lipinski definition) is 1. The zero-order chi connectivity index (χ0) is 10.1. The van der Waals surface area contributed by atoms with Crippen molar-refractivity contribution in [3.05, 3.63) is 0 Å². The molecule has 0 fully saturated rings. The first-order chi connectivity index (χ1) is 6.20. The summed E-state index contributed by atoms with van der Waals surface area (Å²) in [6, 6.07) is 0. The van der Waals surface area contributed by atoms with Gasteiger partial charge in [-0.25, -0.2) is 0 Å². The molecule has 5 heteroatoms. The van der Waals surface area contributed by atoms with Gasteiger partial charge in [0.25, 0.3) is 0 Å². The summed E-state index contributed by atoms with van der Waals surface area (Å²) in [6.07, 6.45) is 0.269. The molecule has 5 nitrogen and oxygen atoms in total. The van der Waals surface area contributed by atoms with Crippen LogP contribution in [0.1, 0.15) is 13.3 Å². The standard InChI is InChI=1S/C8H15NO4/c1-3-13-5-4-7(10)9-6-8(11)12-2/h3-6H2,1-2H3,(H,9,10). The lowest BCUT2D eigenvalue weighted by atomic mass is 10.4. The van der Waals surface area contributed by atoms with Crippen molar-refractivity contribution in [3.8, 4) is 0 Å². The van der Waals surface area contributed by atoms with Gasteiger partial charge in [0, 0.05) is 13.0 Å². The van der Waals surface area contributed by atoms with Crippen molar-refractivity contribution in [1.82, 2.24) is 5.32 Å². The highest BCUT2D eigenvalue weighted by Gasteiger charge is 2.04. The summed E-state index contributed by atoms with van der Waals surface area (Å²) in [6.45, 7) is 2.74. The number of esters is 1. The van der Waals surface area contributed by atoms with E-state index in [1.807, 2.05) is 6.92 Å². The van der Waals surface area contributed by atoms with Crippen LogP contribution in [0.4, 0.5) is 0 Å². The average Bonchev–Trinajstić information content (AvgIpc) is 2.14. The van der Waals surface area contributed by atoms with Gasteiger partial charge in [-0.3, -0.25) is 9.59 Å². The van der Waals surface area contributed by atoms with Crippen molar-refractivity contribution >= 4 is 11.9 Å². The van der Waals surface area contributed by atoms with Crippen molar-refractivity contribution in [1.29, 1.82) is 0 Å². The smallest absolute Gasteiger partial charge is 0.325 e. The van der Waals surface area contributed by atoms with Crippen LogP contribution in [0, 0.1) is 0 Å². The molecular weight excluding hydrogens is 174 g/mol. The van der Waals surface area contributed by atoms with Gasteiger partial charge in [0.15, 0.2) is 0 Å². The summed E-state index contributed by atoms with van der Waals surface area (Å²) in [4.78, 5) is 21.5. The highest BCUT2D eigenvalue weighted by molar-refractivity contribution is 5.81. The Labute approximate surface area is 77.4 Å². The fourth-order valence-electron chi connectivity index (χ4n) is 0.641. The molecule has 1 amide bonds. The number of amides is 1. The topological polar surface area (TPSA) is 64.6 Å². The molecule has 0 atom stereocenters. The summed E-state index contributed by atoms with van der Waals surface area (Å²) in [7, 11) is 1.27. The predicted octanol–water partition coefficient (Wildman–Crippen LogP) is -0.298. The van der Waals surface area contributed by atoms with Crippen molar-refractivity contribution in [3.63, 3.8) is 0 Å². The minimum Gasteiger partial charge on any atom is -0.468 e. The van der Waals surface area contributed by atoms with E-state index in [4.69, 9.17) is 4.74 Å². The van der Waals surface area contributed by atoms with Gasteiger partial charge in [0.05, 0.1) is 13.7 Å². The Morgan fingerprint density at radius 3 is 2.62 bits per heavy atom. The van der Waals surface area contributed by atoms with E-state index in [-0.39, 0.29) is 18.9 Å². The first kappa shape index (κ1) is 11.9. The largest absolute Gasteiger partial charge is 0.468 e. The molecular formula is C8H15NO4. The Hall–Kier alpha value is -1.10. The molecule has 0 saturated heterocycles. The molecule has 0 unspecified atom stereocenters. The third-order valence-corrected chi connectivity index (χ3v) is 1.34. The summed E-state index contributed by atoms with van der Waals surface area (Å²) in [5.41, 5.74) is 0. The number of nitrogens with one attached hydrogen (secondary N) is 1. The quantitative estimate of drug-likeness (QED) is 0.460. The molecule has 76 valence electrons. The molecule has 0 radical (unpaired) electrons. The molecule has 1 N–H and O–H groups in total. The van der Waals surface area contributed by atoms with Crippen LogP contribution in [0.25, 0.3) is 0 Å². The third-order valence-electron chi connectivity index (χ3n) is 1.34. The second-order valence-electron chi connectivity index (χ2n) is 2.30. The van der Waals surface area contributed by atoms with Gasteiger partial charge < -0.3 is 14.8 Å². The molecule has 0 aliphatic carbocycles. The number of methoxy groups -OCH3 is 1. The lowest BCUT2D eigenvalue weighted by Crippen LogP contribution is -2.30. The lowest BCUT2D eigenvalue weighted by Gasteiger charge is -2.03. The van der Waals surface area contributed by atoms with Gasteiger partial charge in [0.2, 0.25) is 5.91 Å². The minimum absolute atomic E-state index is 0.0819. The van der Waals surface area contributed by atoms with Crippen LogP contribution in [0.3, 0.4) is 0 Å². The fraction of sp³-hybridized carbons (Fsp3) is 0.750. The summed E-state index contributed by atoms with van der Waals surface area (Å²) >= 11 is 0. The zero-order valence-corrected chi connectivity index (χ0v) is 7.96. The van der Waals surface area contributed by atoms with Gasteiger partial charge >= 0.3 is 5.97 Å². The maximum atomic E-state index is 10.9. The number of hydrogen-bond acceptors (Lipinski definition) is 4. The van der Waals surface area contributed by atoms with Crippen molar-refractivity contribution < 1.29 is 19.1 Å². The third kappa shape index (κ3) is 7.27. The Balaban J connectivity index is 3.35. The van der Waals surface area contributed by atoms with E-state index < -0.39 is 5.97 Å². The van der Waals surface area contributed by atoms with E-state index in [1.165, 1.54) is 7.11 Å².